The van der Waals surface area contributed by atoms with E-state index in [4.69, 9.17) is 4.74 Å². The van der Waals surface area contributed by atoms with Gasteiger partial charge >= 0.3 is 0 Å². The molecule has 0 bridgehead atoms. The van der Waals surface area contributed by atoms with Gasteiger partial charge in [-0.2, -0.15) is 0 Å². The number of nitrogens with one attached hydrogen (secondary N) is 1. The molecule has 3 rings (SSSR count). The van der Waals surface area contributed by atoms with E-state index >= 15 is 0 Å². The molecular formula is C16H24N2O. The predicted molar refractivity (Wildman–Crippen MR) is 77.4 cm³/mol. The summed E-state index contributed by atoms with van der Waals surface area (Å²) in [5.74, 6) is 1.86. The van der Waals surface area contributed by atoms with Crippen molar-refractivity contribution in [2.75, 3.05) is 26.2 Å². The normalized spacial score (nSPS) is 28.3. The fourth-order valence-electron chi connectivity index (χ4n) is 3.12. The molecule has 2 heterocycles. The quantitative estimate of drug-likeness (QED) is 0.883. The van der Waals surface area contributed by atoms with Crippen molar-refractivity contribution < 1.29 is 4.74 Å². The first kappa shape index (κ1) is 12.9. The topological polar surface area (TPSA) is 24.5 Å². The van der Waals surface area contributed by atoms with Gasteiger partial charge in [0.2, 0.25) is 0 Å². The number of piperidine rings is 1. The van der Waals surface area contributed by atoms with Crippen molar-refractivity contribution in [3.05, 3.63) is 29.8 Å². The number of hydrogen-bond acceptors (Lipinski definition) is 3. The van der Waals surface area contributed by atoms with Gasteiger partial charge in [-0.3, -0.25) is 4.90 Å². The minimum absolute atomic E-state index is 0.495. The van der Waals surface area contributed by atoms with Gasteiger partial charge in [0.15, 0.2) is 0 Å². The Morgan fingerprint density at radius 1 is 1.37 bits per heavy atom. The van der Waals surface area contributed by atoms with Gasteiger partial charge in [0.25, 0.3) is 0 Å². The molecule has 2 unspecified atom stereocenters. The molecular weight excluding hydrogens is 236 g/mol. The summed E-state index contributed by atoms with van der Waals surface area (Å²) >= 11 is 0. The molecule has 1 saturated heterocycles. The van der Waals surface area contributed by atoms with E-state index in [0.717, 1.165) is 24.8 Å². The van der Waals surface area contributed by atoms with E-state index in [0.29, 0.717) is 6.04 Å². The molecule has 0 amide bonds. The molecule has 19 heavy (non-hydrogen) atoms. The largest absolute Gasteiger partial charge is 0.492 e. The Balaban J connectivity index is 1.69. The second-order valence-electron chi connectivity index (χ2n) is 5.91. The number of nitrogens with zero attached hydrogens (tertiary/aromatic N) is 1. The van der Waals surface area contributed by atoms with Crippen LogP contribution in [0.5, 0.6) is 5.75 Å². The Morgan fingerprint density at radius 3 is 3.11 bits per heavy atom. The van der Waals surface area contributed by atoms with Crippen LogP contribution < -0.4 is 10.1 Å². The standard InChI is InChI=1S/C16H24N2O/c1-13-12-19-16-7-3-2-6-15(16)11-18(13)10-14-5-4-8-17-9-14/h2-3,6-7,13-14,17H,4-5,8-12H2,1H3. The number of para-hydroxylation sites is 1. The van der Waals surface area contributed by atoms with E-state index in [1.54, 1.807) is 0 Å². The van der Waals surface area contributed by atoms with Crippen molar-refractivity contribution >= 4 is 0 Å². The van der Waals surface area contributed by atoms with Crippen LogP contribution in [-0.2, 0) is 6.54 Å². The lowest BCUT2D eigenvalue weighted by Gasteiger charge is -2.32. The highest BCUT2D eigenvalue weighted by molar-refractivity contribution is 5.34. The summed E-state index contributed by atoms with van der Waals surface area (Å²) in [5, 5.41) is 3.52. The van der Waals surface area contributed by atoms with Crippen molar-refractivity contribution in [2.24, 2.45) is 5.92 Å². The molecule has 2 aliphatic heterocycles. The smallest absolute Gasteiger partial charge is 0.123 e. The second-order valence-corrected chi connectivity index (χ2v) is 5.91. The molecule has 2 aliphatic rings. The summed E-state index contributed by atoms with van der Waals surface area (Å²) in [4.78, 5) is 2.59. The molecule has 1 aromatic carbocycles. The number of benzene rings is 1. The Labute approximate surface area is 115 Å². The number of fused-ring (bicyclic) bond motifs is 1. The third-order valence-electron chi connectivity index (χ3n) is 4.34. The molecule has 1 N–H and O–H groups in total. The lowest BCUT2D eigenvalue weighted by atomic mass is 9.98. The highest BCUT2D eigenvalue weighted by atomic mass is 16.5. The predicted octanol–water partition coefficient (Wildman–Crippen LogP) is 2.27. The Morgan fingerprint density at radius 2 is 2.26 bits per heavy atom. The van der Waals surface area contributed by atoms with E-state index in [-0.39, 0.29) is 0 Å². The molecule has 1 aromatic rings. The summed E-state index contributed by atoms with van der Waals surface area (Å²) in [7, 11) is 0. The number of ether oxygens (including phenoxy) is 1. The van der Waals surface area contributed by atoms with Crippen LogP contribution in [0.4, 0.5) is 0 Å². The van der Waals surface area contributed by atoms with Crippen molar-refractivity contribution in [1.82, 2.24) is 10.2 Å². The maximum Gasteiger partial charge on any atom is 0.123 e. The zero-order chi connectivity index (χ0) is 13.1. The Hall–Kier alpha value is -1.06. The van der Waals surface area contributed by atoms with Crippen LogP contribution in [0.1, 0.15) is 25.3 Å². The van der Waals surface area contributed by atoms with Crippen molar-refractivity contribution in [3.63, 3.8) is 0 Å². The van der Waals surface area contributed by atoms with Gasteiger partial charge in [-0.1, -0.05) is 18.2 Å². The first-order chi connectivity index (χ1) is 9.33. The maximum atomic E-state index is 5.92. The summed E-state index contributed by atoms with van der Waals surface area (Å²) in [6.45, 7) is 7.66. The van der Waals surface area contributed by atoms with Crippen LogP contribution in [0.25, 0.3) is 0 Å². The van der Waals surface area contributed by atoms with E-state index in [9.17, 15) is 0 Å². The molecule has 0 spiro atoms. The first-order valence-electron chi connectivity index (χ1n) is 7.48. The lowest BCUT2D eigenvalue weighted by molar-refractivity contribution is 0.128. The van der Waals surface area contributed by atoms with E-state index in [1.807, 2.05) is 0 Å². The van der Waals surface area contributed by atoms with Crippen molar-refractivity contribution in [2.45, 2.75) is 32.4 Å². The summed E-state index contributed by atoms with van der Waals surface area (Å²) in [6, 6.07) is 8.95. The highest BCUT2D eigenvalue weighted by Crippen LogP contribution is 2.26. The minimum atomic E-state index is 0.495. The van der Waals surface area contributed by atoms with Crippen LogP contribution in [0.2, 0.25) is 0 Å². The Kier molecular flexibility index (Phi) is 4.04. The Bertz CT molecular complexity index is 415. The van der Waals surface area contributed by atoms with Crippen LogP contribution in [-0.4, -0.2) is 37.2 Å². The zero-order valence-corrected chi connectivity index (χ0v) is 11.8. The third-order valence-corrected chi connectivity index (χ3v) is 4.34. The van der Waals surface area contributed by atoms with Gasteiger partial charge < -0.3 is 10.1 Å². The highest BCUT2D eigenvalue weighted by Gasteiger charge is 2.24. The number of rotatable bonds is 2. The van der Waals surface area contributed by atoms with Gasteiger partial charge in [-0.15, -0.1) is 0 Å². The van der Waals surface area contributed by atoms with Gasteiger partial charge in [0.05, 0.1) is 0 Å². The van der Waals surface area contributed by atoms with Crippen LogP contribution in [0, 0.1) is 5.92 Å². The average Bonchev–Trinajstić information content (AvgIpc) is 2.61. The zero-order valence-electron chi connectivity index (χ0n) is 11.8. The molecule has 1 fully saturated rings. The van der Waals surface area contributed by atoms with E-state index in [1.165, 1.54) is 38.0 Å². The van der Waals surface area contributed by atoms with Crippen molar-refractivity contribution in [3.8, 4) is 5.75 Å². The monoisotopic (exact) mass is 260 g/mol. The second kappa shape index (κ2) is 5.93. The molecule has 3 nitrogen and oxygen atoms in total. The summed E-state index contributed by atoms with van der Waals surface area (Å²) in [6.07, 6.45) is 2.68. The lowest BCUT2D eigenvalue weighted by Crippen LogP contribution is -2.42. The van der Waals surface area contributed by atoms with Gasteiger partial charge in [-0.25, -0.2) is 0 Å². The minimum Gasteiger partial charge on any atom is -0.492 e. The fourth-order valence-corrected chi connectivity index (χ4v) is 3.12. The fraction of sp³-hybridized carbons (Fsp3) is 0.625. The SMILES string of the molecule is CC1COc2ccccc2CN1CC1CCCNC1. The summed E-state index contributed by atoms with van der Waals surface area (Å²) in [5.41, 5.74) is 1.33. The van der Waals surface area contributed by atoms with Crippen LogP contribution >= 0.6 is 0 Å². The molecule has 0 saturated carbocycles. The summed E-state index contributed by atoms with van der Waals surface area (Å²) < 4.78 is 5.92. The number of hydrogen-bond donors (Lipinski definition) is 1. The molecule has 3 heteroatoms. The molecule has 0 aromatic heterocycles. The van der Waals surface area contributed by atoms with E-state index < -0.39 is 0 Å². The van der Waals surface area contributed by atoms with Crippen LogP contribution in [0.15, 0.2) is 24.3 Å². The van der Waals surface area contributed by atoms with E-state index in [2.05, 4.69) is 41.4 Å². The molecule has 104 valence electrons. The van der Waals surface area contributed by atoms with Crippen LogP contribution in [0.3, 0.4) is 0 Å². The van der Waals surface area contributed by atoms with Gasteiger partial charge in [0.1, 0.15) is 12.4 Å². The van der Waals surface area contributed by atoms with Crippen molar-refractivity contribution in [1.29, 1.82) is 0 Å². The van der Waals surface area contributed by atoms with Gasteiger partial charge in [0, 0.05) is 24.7 Å². The average molecular weight is 260 g/mol. The molecule has 2 atom stereocenters. The molecule has 0 aliphatic carbocycles. The molecule has 0 radical (unpaired) electrons. The first-order valence-corrected chi connectivity index (χ1v) is 7.48. The van der Waals surface area contributed by atoms with Gasteiger partial charge in [-0.05, 0) is 44.8 Å². The third kappa shape index (κ3) is 3.10. The maximum absolute atomic E-state index is 5.92.